The molecule has 0 spiro atoms. The molecule has 0 aromatic heterocycles. The van der Waals surface area contributed by atoms with E-state index in [0.717, 1.165) is 15.7 Å². The monoisotopic (exact) mass is 318 g/mol. The average molecular weight is 319 g/mol. The fraction of sp³-hybridized carbons (Fsp3) is 0.133. The van der Waals surface area contributed by atoms with Crippen molar-refractivity contribution in [1.29, 1.82) is 5.26 Å². The maximum Gasteiger partial charge on any atom is 0.129 e. The van der Waals surface area contributed by atoms with Crippen molar-refractivity contribution in [3.05, 3.63) is 63.4 Å². The van der Waals surface area contributed by atoms with Gasteiger partial charge in [0.15, 0.2) is 0 Å². The first-order chi connectivity index (χ1) is 9.11. The summed E-state index contributed by atoms with van der Waals surface area (Å²) in [6.45, 7) is 2.37. The molecule has 0 bridgehead atoms. The van der Waals surface area contributed by atoms with Gasteiger partial charge >= 0.3 is 0 Å². The lowest BCUT2D eigenvalue weighted by Crippen LogP contribution is -2.03. The second-order valence-corrected chi connectivity index (χ2v) is 5.00. The van der Waals surface area contributed by atoms with Crippen LogP contribution >= 0.6 is 15.9 Å². The van der Waals surface area contributed by atoms with E-state index in [0.29, 0.717) is 17.7 Å². The number of halogens is 2. The highest BCUT2D eigenvalue weighted by Crippen LogP contribution is 2.26. The maximum atomic E-state index is 13.7. The second kappa shape index (κ2) is 5.85. The Morgan fingerprint density at radius 1 is 1.32 bits per heavy atom. The van der Waals surface area contributed by atoms with Gasteiger partial charge in [0.25, 0.3) is 0 Å². The molecule has 0 fully saturated rings. The summed E-state index contributed by atoms with van der Waals surface area (Å²) in [4.78, 5) is 0. The van der Waals surface area contributed by atoms with E-state index in [1.807, 2.05) is 31.2 Å². The minimum absolute atomic E-state index is 0.331. The number of nitrogens with zero attached hydrogens (tertiary/aromatic N) is 1. The first-order valence-electron chi connectivity index (χ1n) is 5.79. The van der Waals surface area contributed by atoms with Gasteiger partial charge in [-0.15, -0.1) is 0 Å². The van der Waals surface area contributed by atoms with Crippen LogP contribution in [0.2, 0.25) is 0 Å². The van der Waals surface area contributed by atoms with Crippen LogP contribution in [0.15, 0.2) is 40.9 Å². The van der Waals surface area contributed by atoms with Gasteiger partial charge in [-0.3, -0.25) is 0 Å². The lowest BCUT2D eigenvalue weighted by atomic mass is 10.1. The van der Waals surface area contributed by atoms with E-state index < -0.39 is 0 Å². The van der Waals surface area contributed by atoms with Crippen molar-refractivity contribution in [3.63, 3.8) is 0 Å². The van der Waals surface area contributed by atoms with Crippen molar-refractivity contribution in [1.82, 2.24) is 0 Å². The molecule has 96 valence electrons. The van der Waals surface area contributed by atoms with Crippen molar-refractivity contribution in [3.8, 4) is 6.07 Å². The topological polar surface area (TPSA) is 35.8 Å². The number of hydrogen-bond acceptors (Lipinski definition) is 2. The zero-order valence-electron chi connectivity index (χ0n) is 10.4. The van der Waals surface area contributed by atoms with Crippen LogP contribution in [0.1, 0.15) is 16.7 Å². The lowest BCUT2D eigenvalue weighted by molar-refractivity contribution is 0.612. The molecule has 19 heavy (non-hydrogen) atoms. The van der Waals surface area contributed by atoms with Crippen molar-refractivity contribution in [2.24, 2.45) is 0 Å². The van der Waals surface area contributed by atoms with Crippen LogP contribution in [-0.2, 0) is 6.54 Å². The number of aryl methyl sites for hydroxylation is 1. The molecule has 0 aliphatic carbocycles. The fourth-order valence-corrected chi connectivity index (χ4v) is 2.14. The molecule has 0 aliphatic heterocycles. The Kier molecular flexibility index (Phi) is 4.18. The molecular formula is C15H12BrFN2. The summed E-state index contributed by atoms with van der Waals surface area (Å²) in [5.74, 6) is -0.365. The highest BCUT2D eigenvalue weighted by molar-refractivity contribution is 9.10. The van der Waals surface area contributed by atoms with E-state index in [9.17, 15) is 4.39 Å². The number of nitrogens with one attached hydrogen (secondary N) is 1. The quantitative estimate of drug-likeness (QED) is 0.911. The van der Waals surface area contributed by atoms with Gasteiger partial charge in [0.1, 0.15) is 5.82 Å². The smallest absolute Gasteiger partial charge is 0.129 e. The molecule has 2 aromatic rings. The maximum absolute atomic E-state index is 13.7. The van der Waals surface area contributed by atoms with Crippen molar-refractivity contribution in [2.75, 3.05) is 5.32 Å². The largest absolute Gasteiger partial charge is 0.380 e. The zero-order chi connectivity index (χ0) is 13.8. The molecule has 0 amide bonds. The van der Waals surface area contributed by atoms with Crippen molar-refractivity contribution >= 4 is 21.6 Å². The Morgan fingerprint density at radius 2 is 2.11 bits per heavy atom. The summed E-state index contributed by atoms with van der Waals surface area (Å²) in [7, 11) is 0. The molecule has 0 saturated heterocycles. The highest BCUT2D eigenvalue weighted by Gasteiger charge is 2.05. The normalized spacial score (nSPS) is 10.0. The molecule has 0 heterocycles. The van der Waals surface area contributed by atoms with Gasteiger partial charge in [-0.05, 0) is 46.6 Å². The Balaban J connectivity index is 2.15. The Hall–Kier alpha value is -1.86. The Morgan fingerprint density at radius 3 is 2.79 bits per heavy atom. The third kappa shape index (κ3) is 3.12. The fourth-order valence-electron chi connectivity index (χ4n) is 1.73. The third-order valence-electron chi connectivity index (χ3n) is 2.84. The van der Waals surface area contributed by atoms with E-state index in [-0.39, 0.29) is 5.82 Å². The van der Waals surface area contributed by atoms with E-state index in [4.69, 9.17) is 5.26 Å². The molecule has 2 rings (SSSR count). The number of nitriles is 1. The van der Waals surface area contributed by atoms with E-state index >= 15 is 0 Å². The minimum atomic E-state index is -0.365. The zero-order valence-corrected chi connectivity index (χ0v) is 12.0. The van der Waals surface area contributed by atoms with E-state index in [1.165, 1.54) is 6.07 Å². The molecule has 0 atom stereocenters. The number of anilines is 1. The van der Waals surface area contributed by atoms with Gasteiger partial charge in [-0.2, -0.15) is 5.26 Å². The van der Waals surface area contributed by atoms with Crippen molar-refractivity contribution < 1.29 is 4.39 Å². The Bertz CT molecular complexity index is 647. The van der Waals surface area contributed by atoms with Crippen LogP contribution in [-0.4, -0.2) is 0 Å². The lowest BCUT2D eigenvalue weighted by Gasteiger charge is -2.11. The predicted octanol–water partition coefficient (Wildman–Crippen LogP) is 4.38. The minimum Gasteiger partial charge on any atom is -0.380 e. The van der Waals surface area contributed by atoms with Crippen LogP contribution < -0.4 is 5.32 Å². The number of rotatable bonds is 3. The summed E-state index contributed by atoms with van der Waals surface area (Å²) in [5.41, 5.74) is 2.90. The van der Waals surface area contributed by atoms with Crippen LogP contribution in [0.25, 0.3) is 0 Å². The van der Waals surface area contributed by atoms with Gasteiger partial charge in [0.2, 0.25) is 0 Å². The standard InChI is InChI=1S/C15H12BrFN2/c1-10-3-2-4-14(15(10)16)19-9-12-6-5-11(8-18)7-13(12)17/h2-7,19H,9H2,1H3. The summed E-state index contributed by atoms with van der Waals surface area (Å²) in [6.07, 6.45) is 0. The van der Waals surface area contributed by atoms with Gasteiger partial charge in [0.05, 0.1) is 11.6 Å². The summed E-state index contributed by atoms with van der Waals surface area (Å²) in [6, 6.07) is 12.3. The summed E-state index contributed by atoms with van der Waals surface area (Å²) >= 11 is 3.50. The molecule has 0 radical (unpaired) electrons. The van der Waals surface area contributed by atoms with Crippen LogP contribution in [0.3, 0.4) is 0 Å². The van der Waals surface area contributed by atoms with Crippen molar-refractivity contribution in [2.45, 2.75) is 13.5 Å². The number of hydrogen-bond donors (Lipinski definition) is 1. The molecule has 2 aromatic carbocycles. The van der Waals surface area contributed by atoms with Crippen LogP contribution in [0, 0.1) is 24.1 Å². The first kappa shape index (κ1) is 13.6. The summed E-state index contributed by atoms with van der Waals surface area (Å²) < 4.78 is 14.7. The van der Waals surface area contributed by atoms with Crippen LogP contribution in [0.4, 0.5) is 10.1 Å². The second-order valence-electron chi connectivity index (χ2n) is 4.21. The molecule has 2 nitrogen and oxygen atoms in total. The summed E-state index contributed by atoms with van der Waals surface area (Å²) in [5, 5.41) is 11.9. The highest BCUT2D eigenvalue weighted by atomic mass is 79.9. The van der Waals surface area contributed by atoms with Crippen LogP contribution in [0.5, 0.6) is 0 Å². The number of benzene rings is 2. The Labute approximate surface area is 120 Å². The molecule has 0 saturated carbocycles. The van der Waals surface area contributed by atoms with E-state index in [1.54, 1.807) is 12.1 Å². The predicted molar refractivity (Wildman–Crippen MR) is 77.3 cm³/mol. The van der Waals surface area contributed by atoms with Gasteiger partial charge in [-0.1, -0.05) is 18.2 Å². The molecular weight excluding hydrogens is 307 g/mol. The molecule has 1 N–H and O–H groups in total. The third-order valence-corrected chi connectivity index (χ3v) is 3.90. The van der Waals surface area contributed by atoms with Gasteiger partial charge in [-0.25, -0.2) is 4.39 Å². The van der Waals surface area contributed by atoms with Gasteiger partial charge in [0, 0.05) is 22.3 Å². The van der Waals surface area contributed by atoms with Gasteiger partial charge < -0.3 is 5.32 Å². The molecule has 4 heteroatoms. The molecule has 0 unspecified atom stereocenters. The SMILES string of the molecule is Cc1cccc(NCc2ccc(C#N)cc2F)c1Br. The van der Waals surface area contributed by atoms with E-state index in [2.05, 4.69) is 21.2 Å². The molecule has 0 aliphatic rings. The average Bonchev–Trinajstić information content (AvgIpc) is 2.41. The first-order valence-corrected chi connectivity index (χ1v) is 6.58.